The van der Waals surface area contributed by atoms with E-state index in [4.69, 9.17) is 18.9 Å². The Bertz CT molecular complexity index is 2280. The molecule has 0 radical (unpaired) electrons. The molecule has 10 nitrogen and oxygen atoms in total. The highest BCUT2D eigenvalue weighted by molar-refractivity contribution is 6.90. The van der Waals surface area contributed by atoms with Crippen LogP contribution >= 0.6 is 0 Å². The van der Waals surface area contributed by atoms with Crippen LogP contribution in [0.1, 0.15) is 87.1 Å². The quantitative estimate of drug-likeness (QED) is 0.0668. The number of fused-ring (bicyclic) bond motifs is 4. The standard InChI is InChI=1S/C44H54F5N5O5Si/c1-25(2)60(26(3)4,27(5)6)18-16-32-35(45)14-11-28-19-31(58-24-56-10)20-33(36(28)32)38-37(46)39-34(21-50-38)40(52-41(51-39)57-23-44(47,48)49)53-17-15-29-12-13-30(22-53)54(29)42(55)59-43(7,8)9/h11,14,19-21,25-27,29-30H,12-13,15,17,22-24H2,1-10H3. The number of carbonyl (C=O) groups is 1. The molecule has 324 valence electrons. The second kappa shape index (κ2) is 17.3. The van der Waals surface area contributed by atoms with E-state index in [0.29, 0.717) is 24.8 Å². The summed E-state index contributed by atoms with van der Waals surface area (Å²) < 4.78 is 95.8. The summed E-state index contributed by atoms with van der Waals surface area (Å²) in [7, 11) is -0.928. The summed E-state index contributed by atoms with van der Waals surface area (Å²) >= 11 is 0. The average molecular weight is 856 g/mol. The molecule has 2 bridgehead atoms. The first-order chi connectivity index (χ1) is 28.1. The van der Waals surface area contributed by atoms with E-state index in [1.165, 1.54) is 25.4 Å². The summed E-state index contributed by atoms with van der Waals surface area (Å²) in [5, 5.41) is 0.884. The number of amides is 1. The summed E-state index contributed by atoms with van der Waals surface area (Å²) in [6.07, 6.45) is -1.92. The molecule has 2 atom stereocenters. The average Bonchev–Trinajstić information content (AvgIpc) is 3.46. The Labute approximate surface area is 349 Å². The number of ether oxygens (including phenoxy) is 4. The van der Waals surface area contributed by atoms with Gasteiger partial charge in [-0.15, -0.1) is 5.54 Å². The number of alkyl halides is 3. The highest BCUT2D eigenvalue weighted by atomic mass is 28.3. The second-order valence-corrected chi connectivity index (χ2v) is 23.2. The van der Waals surface area contributed by atoms with Gasteiger partial charge in [-0.2, -0.15) is 23.1 Å². The number of carbonyl (C=O) groups excluding carboxylic acids is 1. The van der Waals surface area contributed by atoms with Crippen LogP contribution in [0.4, 0.5) is 32.6 Å². The topological polar surface area (TPSA) is 99.1 Å². The number of benzene rings is 2. The zero-order chi connectivity index (χ0) is 43.9. The molecule has 4 aromatic rings. The van der Waals surface area contributed by atoms with Gasteiger partial charge in [0.15, 0.2) is 19.2 Å². The maximum Gasteiger partial charge on any atom is 0.422 e. The van der Waals surface area contributed by atoms with Crippen LogP contribution in [0.2, 0.25) is 16.6 Å². The smallest absolute Gasteiger partial charge is 0.422 e. The number of pyridine rings is 1. The molecule has 2 aliphatic rings. The molecule has 2 saturated heterocycles. The number of nitrogens with zero attached hydrogens (tertiary/aromatic N) is 5. The molecule has 2 fully saturated rings. The molecule has 2 aromatic carbocycles. The first-order valence-electron chi connectivity index (χ1n) is 20.4. The number of anilines is 1. The van der Waals surface area contributed by atoms with Crippen molar-refractivity contribution in [2.24, 2.45) is 0 Å². The maximum atomic E-state index is 17.4. The molecule has 0 spiro atoms. The van der Waals surface area contributed by atoms with Crippen molar-refractivity contribution < 1.29 is 45.7 Å². The third-order valence-corrected chi connectivity index (χ3v) is 17.9. The van der Waals surface area contributed by atoms with Gasteiger partial charge in [-0.1, -0.05) is 53.5 Å². The summed E-state index contributed by atoms with van der Waals surface area (Å²) in [5.74, 6) is 2.00. The van der Waals surface area contributed by atoms with Gasteiger partial charge in [-0.3, -0.25) is 4.98 Å². The van der Waals surface area contributed by atoms with Crippen molar-refractivity contribution in [3.63, 3.8) is 0 Å². The first-order valence-corrected chi connectivity index (χ1v) is 22.6. The number of halogens is 5. The van der Waals surface area contributed by atoms with Gasteiger partial charge in [0.05, 0.1) is 17.0 Å². The van der Waals surface area contributed by atoms with Crippen molar-refractivity contribution in [1.82, 2.24) is 19.9 Å². The molecule has 6 rings (SSSR count). The lowest BCUT2D eigenvalue weighted by Crippen LogP contribution is -2.45. The van der Waals surface area contributed by atoms with E-state index in [1.54, 1.807) is 42.7 Å². The van der Waals surface area contributed by atoms with Gasteiger partial charge >= 0.3 is 18.3 Å². The largest absolute Gasteiger partial charge is 0.468 e. The lowest BCUT2D eigenvalue weighted by atomic mass is 9.95. The maximum absolute atomic E-state index is 17.4. The Morgan fingerprint density at radius 2 is 1.63 bits per heavy atom. The fraction of sp³-hybridized carbons (Fsp3) is 0.545. The Balaban J connectivity index is 1.56. The molecule has 2 aliphatic heterocycles. The molecule has 60 heavy (non-hydrogen) atoms. The minimum absolute atomic E-state index is 0.0626. The number of methoxy groups -OCH3 is 1. The van der Waals surface area contributed by atoms with E-state index >= 15 is 8.78 Å². The molecule has 1 amide bonds. The van der Waals surface area contributed by atoms with Crippen molar-refractivity contribution >= 4 is 41.7 Å². The molecule has 0 saturated carbocycles. The highest BCUT2D eigenvalue weighted by Gasteiger charge is 2.44. The molecule has 0 N–H and O–H groups in total. The Kier molecular flexibility index (Phi) is 12.9. The second-order valence-electron chi connectivity index (χ2n) is 17.6. The summed E-state index contributed by atoms with van der Waals surface area (Å²) in [5.41, 5.74) is 3.18. The third kappa shape index (κ3) is 9.12. The van der Waals surface area contributed by atoms with Crippen molar-refractivity contribution in [3.05, 3.63) is 47.7 Å². The normalized spacial score (nSPS) is 17.4. The monoisotopic (exact) mass is 855 g/mol. The molecule has 2 unspecified atom stereocenters. The van der Waals surface area contributed by atoms with Crippen LogP contribution in [0.15, 0.2) is 30.5 Å². The summed E-state index contributed by atoms with van der Waals surface area (Å²) in [6.45, 7) is 17.0. The van der Waals surface area contributed by atoms with Gasteiger partial charge in [0.1, 0.15) is 42.3 Å². The highest BCUT2D eigenvalue weighted by Crippen LogP contribution is 2.43. The van der Waals surface area contributed by atoms with E-state index in [9.17, 15) is 18.0 Å². The Hall–Kier alpha value is -4.75. The van der Waals surface area contributed by atoms with Crippen LogP contribution in [0, 0.1) is 23.1 Å². The molecule has 16 heteroatoms. The van der Waals surface area contributed by atoms with Crippen molar-refractivity contribution in [1.29, 1.82) is 0 Å². The van der Waals surface area contributed by atoms with E-state index < -0.39 is 50.2 Å². The van der Waals surface area contributed by atoms with Crippen LogP contribution in [-0.2, 0) is 9.47 Å². The fourth-order valence-electron chi connectivity index (χ4n) is 9.08. The molecular formula is C44H54F5N5O5Si. The van der Waals surface area contributed by atoms with Gasteiger partial charge in [-0.25, -0.2) is 13.6 Å². The predicted molar refractivity (Wildman–Crippen MR) is 224 cm³/mol. The number of hydrogen-bond donors (Lipinski definition) is 0. The van der Waals surface area contributed by atoms with Gasteiger partial charge in [0.2, 0.25) is 0 Å². The molecule has 2 aromatic heterocycles. The molecular weight excluding hydrogens is 802 g/mol. The summed E-state index contributed by atoms with van der Waals surface area (Å²) in [6, 6.07) is 4.91. The zero-order valence-corrected chi connectivity index (χ0v) is 36.9. The van der Waals surface area contributed by atoms with Gasteiger partial charge in [0.25, 0.3) is 0 Å². The van der Waals surface area contributed by atoms with Crippen molar-refractivity contribution in [3.8, 4) is 34.5 Å². The van der Waals surface area contributed by atoms with Crippen LogP contribution in [0.25, 0.3) is 32.9 Å². The molecule has 0 aliphatic carbocycles. The van der Waals surface area contributed by atoms with Gasteiger partial charge in [0, 0.05) is 43.4 Å². The zero-order valence-electron chi connectivity index (χ0n) is 35.9. The molecule has 4 heterocycles. The van der Waals surface area contributed by atoms with Crippen LogP contribution in [0.5, 0.6) is 11.8 Å². The number of rotatable bonds is 10. The van der Waals surface area contributed by atoms with Crippen LogP contribution in [0.3, 0.4) is 0 Å². The van der Waals surface area contributed by atoms with E-state index in [0.717, 1.165) is 6.42 Å². The van der Waals surface area contributed by atoms with Gasteiger partial charge in [-0.05, 0) is 80.2 Å². The lowest BCUT2D eigenvalue weighted by molar-refractivity contribution is -0.154. The Morgan fingerprint density at radius 3 is 2.27 bits per heavy atom. The number of aromatic nitrogens is 3. The van der Waals surface area contributed by atoms with E-state index in [2.05, 4.69) is 68.0 Å². The minimum atomic E-state index is -4.74. The number of hydrogen-bond acceptors (Lipinski definition) is 9. The predicted octanol–water partition coefficient (Wildman–Crippen LogP) is 10.6. The lowest BCUT2D eigenvalue weighted by Gasteiger charge is -2.38. The fourth-order valence-corrected chi connectivity index (χ4v) is 14.3. The van der Waals surface area contributed by atoms with Crippen molar-refractivity contribution in [2.75, 3.05) is 38.5 Å². The van der Waals surface area contributed by atoms with Crippen LogP contribution < -0.4 is 14.4 Å². The van der Waals surface area contributed by atoms with Gasteiger partial charge < -0.3 is 28.7 Å². The van der Waals surface area contributed by atoms with Crippen molar-refractivity contribution in [2.45, 2.75) is 122 Å². The van der Waals surface area contributed by atoms with E-state index in [1.807, 2.05) is 0 Å². The van der Waals surface area contributed by atoms with Crippen LogP contribution in [-0.4, -0.2) is 91.5 Å². The third-order valence-electron chi connectivity index (χ3n) is 11.6. The van der Waals surface area contributed by atoms with E-state index in [-0.39, 0.29) is 86.7 Å². The summed E-state index contributed by atoms with van der Waals surface area (Å²) in [4.78, 5) is 30.1. The Morgan fingerprint density at radius 1 is 0.950 bits per heavy atom. The minimum Gasteiger partial charge on any atom is -0.468 e. The SMILES string of the molecule is COCOc1cc(-c2ncc3c(N4CCC5CCC(C4)N5C(=O)OC(C)(C)C)nc(OCC(F)(F)F)nc3c2F)c2c(C#C[Si](C(C)C)(C(C)C)C(C)C)c(F)ccc2c1. The first kappa shape index (κ1) is 44.8.